The van der Waals surface area contributed by atoms with Gasteiger partial charge in [-0.25, -0.2) is 0 Å². The molecule has 0 heterocycles. The number of carbonyl (C=O) groups excluding carboxylic acids is 1. The molecule has 0 spiro atoms. The number of benzene rings is 2. The Hall–Kier alpha value is -2.03. The zero-order valence-corrected chi connectivity index (χ0v) is 11.3. The first-order chi connectivity index (χ1) is 9.22. The molecule has 1 N–H and O–H groups in total. The largest absolute Gasteiger partial charge is 0.466 e. The highest BCUT2D eigenvalue weighted by Crippen LogP contribution is 2.23. The van der Waals surface area contributed by atoms with Crippen molar-refractivity contribution in [3.8, 4) is 0 Å². The van der Waals surface area contributed by atoms with E-state index in [0.717, 1.165) is 5.69 Å². The van der Waals surface area contributed by atoms with Gasteiger partial charge in [0, 0.05) is 17.6 Å². The minimum Gasteiger partial charge on any atom is -0.466 e. The van der Waals surface area contributed by atoms with Crippen molar-refractivity contribution in [2.75, 3.05) is 18.5 Å². The first-order valence-electron chi connectivity index (χ1n) is 6.60. The van der Waals surface area contributed by atoms with Gasteiger partial charge in [0.15, 0.2) is 0 Å². The molecule has 3 heteroatoms. The summed E-state index contributed by atoms with van der Waals surface area (Å²) in [6.07, 6.45) is 0. The maximum absolute atomic E-state index is 11.6. The van der Waals surface area contributed by atoms with Crippen molar-refractivity contribution in [2.24, 2.45) is 5.92 Å². The number of carbonyl (C=O) groups is 1. The zero-order valence-electron chi connectivity index (χ0n) is 11.3. The van der Waals surface area contributed by atoms with Crippen LogP contribution in [0.4, 0.5) is 5.69 Å². The summed E-state index contributed by atoms with van der Waals surface area (Å²) in [7, 11) is 0. The highest BCUT2D eigenvalue weighted by Gasteiger charge is 2.13. The van der Waals surface area contributed by atoms with Gasteiger partial charge in [-0.3, -0.25) is 4.79 Å². The van der Waals surface area contributed by atoms with Crippen molar-refractivity contribution >= 4 is 22.4 Å². The van der Waals surface area contributed by atoms with E-state index in [1.807, 2.05) is 38.1 Å². The van der Waals surface area contributed by atoms with Gasteiger partial charge in [0.2, 0.25) is 0 Å². The van der Waals surface area contributed by atoms with Crippen LogP contribution >= 0.6 is 0 Å². The smallest absolute Gasteiger partial charge is 0.310 e. The van der Waals surface area contributed by atoms with E-state index in [-0.39, 0.29) is 11.9 Å². The number of hydrogen-bond acceptors (Lipinski definition) is 3. The third kappa shape index (κ3) is 3.25. The molecule has 1 unspecified atom stereocenters. The molecule has 0 bridgehead atoms. The molecule has 2 rings (SSSR count). The topological polar surface area (TPSA) is 38.3 Å². The summed E-state index contributed by atoms with van der Waals surface area (Å²) in [4.78, 5) is 11.6. The van der Waals surface area contributed by atoms with Gasteiger partial charge in [0.1, 0.15) is 0 Å². The summed E-state index contributed by atoms with van der Waals surface area (Å²) in [6, 6.07) is 14.3. The van der Waals surface area contributed by atoms with Crippen LogP contribution in [-0.4, -0.2) is 19.1 Å². The van der Waals surface area contributed by atoms with Crippen LogP contribution in [0.2, 0.25) is 0 Å². The van der Waals surface area contributed by atoms with Gasteiger partial charge in [-0.2, -0.15) is 0 Å². The molecular weight excluding hydrogens is 238 g/mol. The molecule has 1 atom stereocenters. The average molecular weight is 257 g/mol. The Bertz CT molecular complexity index is 560. The lowest BCUT2D eigenvalue weighted by atomic mass is 10.1. The van der Waals surface area contributed by atoms with Crippen LogP contribution in [0, 0.1) is 5.92 Å². The van der Waals surface area contributed by atoms with E-state index in [4.69, 9.17) is 4.74 Å². The van der Waals surface area contributed by atoms with Crippen LogP contribution in [0.3, 0.4) is 0 Å². The fourth-order valence-electron chi connectivity index (χ4n) is 2.01. The Labute approximate surface area is 113 Å². The summed E-state index contributed by atoms with van der Waals surface area (Å²) < 4.78 is 5.00. The second kappa shape index (κ2) is 6.23. The van der Waals surface area contributed by atoms with Crippen LogP contribution in [-0.2, 0) is 9.53 Å². The van der Waals surface area contributed by atoms with Gasteiger partial charge in [-0.15, -0.1) is 0 Å². The lowest BCUT2D eigenvalue weighted by Gasteiger charge is -2.14. The second-order valence-electron chi connectivity index (χ2n) is 4.56. The van der Waals surface area contributed by atoms with Crippen molar-refractivity contribution in [1.29, 1.82) is 0 Å². The molecule has 0 fully saturated rings. The standard InChI is InChI=1S/C16H19NO2/c1-3-19-16(18)12(2)11-17-15-10-6-8-13-7-4-5-9-14(13)15/h4-10,12,17H,3,11H2,1-2H3. The molecule has 0 amide bonds. The molecule has 0 radical (unpaired) electrons. The van der Waals surface area contributed by atoms with Crippen LogP contribution in [0.5, 0.6) is 0 Å². The van der Waals surface area contributed by atoms with E-state index in [0.29, 0.717) is 13.2 Å². The highest BCUT2D eigenvalue weighted by atomic mass is 16.5. The molecular formula is C16H19NO2. The fourth-order valence-corrected chi connectivity index (χ4v) is 2.01. The number of ether oxygens (including phenoxy) is 1. The van der Waals surface area contributed by atoms with Crippen molar-refractivity contribution in [3.63, 3.8) is 0 Å². The summed E-state index contributed by atoms with van der Waals surface area (Å²) >= 11 is 0. The number of anilines is 1. The van der Waals surface area contributed by atoms with Crippen LogP contribution < -0.4 is 5.32 Å². The van der Waals surface area contributed by atoms with Crippen molar-refractivity contribution < 1.29 is 9.53 Å². The lowest BCUT2D eigenvalue weighted by Crippen LogP contribution is -2.22. The maximum Gasteiger partial charge on any atom is 0.310 e. The van der Waals surface area contributed by atoms with Crippen molar-refractivity contribution in [3.05, 3.63) is 42.5 Å². The molecule has 0 aliphatic heterocycles. The Morgan fingerprint density at radius 3 is 2.74 bits per heavy atom. The normalized spacial score (nSPS) is 12.1. The summed E-state index contributed by atoms with van der Waals surface area (Å²) in [5.41, 5.74) is 1.05. The fraction of sp³-hybridized carbons (Fsp3) is 0.312. The van der Waals surface area contributed by atoms with Gasteiger partial charge < -0.3 is 10.1 Å². The molecule has 0 saturated carbocycles. The average Bonchev–Trinajstić information content (AvgIpc) is 2.45. The SMILES string of the molecule is CCOC(=O)C(C)CNc1cccc2ccccc12. The zero-order chi connectivity index (χ0) is 13.7. The van der Waals surface area contributed by atoms with Crippen molar-refractivity contribution in [1.82, 2.24) is 0 Å². The molecule has 2 aromatic carbocycles. The van der Waals surface area contributed by atoms with Gasteiger partial charge >= 0.3 is 5.97 Å². The maximum atomic E-state index is 11.6. The number of fused-ring (bicyclic) bond motifs is 1. The molecule has 2 aromatic rings. The molecule has 100 valence electrons. The van der Waals surface area contributed by atoms with E-state index in [2.05, 4.69) is 23.5 Å². The summed E-state index contributed by atoms with van der Waals surface area (Å²) in [5, 5.41) is 5.68. The van der Waals surface area contributed by atoms with Gasteiger partial charge in [0.25, 0.3) is 0 Å². The van der Waals surface area contributed by atoms with Crippen LogP contribution in [0.25, 0.3) is 10.8 Å². The highest BCUT2D eigenvalue weighted by molar-refractivity contribution is 5.93. The molecule has 0 saturated heterocycles. The van der Waals surface area contributed by atoms with E-state index in [1.165, 1.54) is 10.8 Å². The minimum atomic E-state index is -0.157. The number of nitrogens with one attached hydrogen (secondary N) is 1. The lowest BCUT2D eigenvalue weighted by molar-refractivity contribution is -0.146. The van der Waals surface area contributed by atoms with Gasteiger partial charge in [-0.1, -0.05) is 43.3 Å². The predicted octanol–water partition coefficient (Wildman–Crippen LogP) is 3.45. The Balaban J connectivity index is 2.08. The second-order valence-corrected chi connectivity index (χ2v) is 4.56. The first-order valence-corrected chi connectivity index (χ1v) is 6.60. The Morgan fingerprint density at radius 1 is 1.21 bits per heavy atom. The summed E-state index contributed by atoms with van der Waals surface area (Å²) in [6.45, 7) is 4.70. The third-order valence-electron chi connectivity index (χ3n) is 3.08. The summed E-state index contributed by atoms with van der Waals surface area (Å²) in [5.74, 6) is -0.311. The van der Waals surface area contributed by atoms with Crippen LogP contribution in [0.15, 0.2) is 42.5 Å². The third-order valence-corrected chi connectivity index (χ3v) is 3.08. The Kier molecular flexibility index (Phi) is 4.39. The van der Waals surface area contributed by atoms with E-state index < -0.39 is 0 Å². The quantitative estimate of drug-likeness (QED) is 0.834. The molecule has 3 nitrogen and oxygen atoms in total. The molecule has 0 aliphatic carbocycles. The number of hydrogen-bond donors (Lipinski definition) is 1. The van der Waals surface area contributed by atoms with Gasteiger partial charge in [0.05, 0.1) is 12.5 Å². The minimum absolute atomic E-state index is 0.154. The number of rotatable bonds is 5. The Morgan fingerprint density at radius 2 is 1.95 bits per heavy atom. The van der Waals surface area contributed by atoms with E-state index >= 15 is 0 Å². The predicted molar refractivity (Wildman–Crippen MR) is 78.2 cm³/mol. The van der Waals surface area contributed by atoms with Crippen molar-refractivity contribution in [2.45, 2.75) is 13.8 Å². The van der Waals surface area contributed by atoms with E-state index in [1.54, 1.807) is 0 Å². The number of esters is 1. The first kappa shape index (κ1) is 13.4. The molecule has 19 heavy (non-hydrogen) atoms. The molecule has 0 aliphatic rings. The monoisotopic (exact) mass is 257 g/mol. The van der Waals surface area contributed by atoms with Crippen LogP contribution in [0.1, 0.15) is 13.8 Å². The molecule has 0 aromatic heterocycles. The van der Waals surface area contributed by atoms with Gasteiger partial charge in [-0.05, 0) is 18.4 Å². The van der Waals surface area contributed by atoms with E-state index in [9.17, 15) is 4.79 Å².